The number of carbonyl (C=O) groups is 1. The van der Waals surface area contributed by atoms with Crippen molar-refractivity contribution < 1.29 is 9.53 Å². The summed E-state index contributed by atoms with van der Waals surface area (Å²) in [5, 5.41) is 4.50. The van der Waals surface area contributed by atoms with Crippen molar-refractivity contribution in [2.45, 2.75) is 59.5 Å². The maximum absolute atomic E-state index is 12.6. The second kappa shape index (κ2) is 7.52. The fourth-order valence-corrected chi connectivity index (χ4v) is 3.73. The standard InChI is InChI=1S/C19H28N4O2/c1-5-25-16-7-6-10-22(12-16)19(24)9-8-17-14(3)20-18-11-13(2)21-23(18)15(17)4/h11,16H,5-10,12H2,1-4H3. The molecule has 2 aromatic rings. The van der Waals surface area contributed by atoms with Crippen LogP contribution in [0.5, 0.6) is 0 Å². The first-order valence-electron chi connectivity index (χ1n) is 9.21. The van der Waals surface area contributed by atoms with E-state index in [9.17, 15) is 4.79 Å². The lowest BCUT2D eigenvalue weighted by atomic mass is 10.0. The maximum Gasteiger partial charge on any atom is 0.222 e. The number of hydrogen-bond acceptors (Lipinski definition) is 4. The minimum atomic E-state index is 0.191. The molecule has 0 N–H and O–H groups in total. The quantitative estimate of drug-likeness (QED) is 0.836. The van der Waals surface area contributed by atoms with Crippen LogP contribution in [0.3, 0.4) is 0 Å². The van der Waals surface area contributed by atoms with Crippen LogP contribution in [0.2, 0.25) is 0 Å². The molecule has 1 saturated heterocycles. The molecular weight excluding hydrogens is 316 g/mol. The molecule has 6 nitrogen and oxygen atoms in total. The van der Waals surface area contributed by atoms with E-state index in [4.69, 9.17) is 4.74 Å². The molecule has 0 aromatic carbocycles. The highest BCUT2D eigenvalue weighted by Crippen LogP contribution is 2.19. The molecule has 3 heterocycles. The monoisotopic (exact) mass is 344 g/mol. The second-order valence-electron chi connectivity index (χ2n) is 6.88. The minimum absolute atomic E-state index is 0.191. The van der Waals surface area contributed by atoms with E-state index in [-0.39, 0.29) is 12.0 Å². The predicted molar refractivity (Wildman–Crippen MR) is 96.7 cm³/mol. The first-order chi connectivity index (χ1) is 12.0. The summed E-state index contributed by atoms with van der Waals surface area (Å²) in [7, 11) is 0. The van der Waals surface area contributed by atoms with Gasteiger partial charge in [0.25, 0.3) is 0 Å². The highest BCUT2D eigenvalue weighted by Gasteiger charge is 2.24. The number of hydrogen-bond donors (Lipinski definition) is 0. The van der Waals surface area contributed by atoms with Gasteiger partial charge in [-0.2, -0.15) is 5.10 Å². The number of aromatic nitrogens is 3. The Hall–Kier alpha value is -1.95. The highest BCUT2D eigenvalue weighted by atomic mass is 16.5. The fourth-order valence-electron chi connectivity index (χ4n) is 3.73. The SMILES string of the molecule is CCOC1CCCN(C(=O)CCc2c(C)nc3cc(C)nn3c2C)C1. The number of aryl methyl sites for hydroxylation is 3. The molecule has 1 atom stereocenters. The molecule has 25 heavy (non-hydrogen) atoms. The van der Waals surface area contributed by atoms with E-state index in [0.717, 1.165) is 54.2 Å². The smallest absolute Gasteiger partial charge is 0.222 e. The lowest BCUT2D eigenvalue weighted by molar-refractivity contribution is -0.135. The van der Waals surface area contributed by atoms with Crippen molar-refractivity contribution in [3.8, 4) is 0 Å². The van der Waals surface area contributed by atoms with E-state index in [1.54, 1.807) is 0 Å². The number of piperidine rings is 1. The van der Waals surface area contributed by atoms with Gasteiger partial charge in [-0.25, -0.2) is 9.50 Å². The van der Waals surface area contributed by atoms with Gasteiger partial charge in [-0.05, 0) is 52.5 Å². The summed E-state index contributed by atoms with van der Waals surface area (Å²) in [5.41, 5.74) is 5.02. The van der Waals surface area contributed by atoms with Crippen LogP contribution in [-0.2, 0) is 16.0 Å². The van der Waals surface area contributed by atoms with E-state index < -0.39 is 0 Å². The average molecular weight is 344 g/mol. The third-order valence-electron chi connectivity index (χ3n) is 5.01. The van der Waals surface area contributed by atoms with Gasteiger partial charge in [0.2, 0.25) is 5.91 Å². The number of nitrogens with zero attached hydrogens (tertiary/aromatic N) is 4. The van der Waals surface area contributed by atoms with E-state index >= 15 is 0 Å². The summed E-state index contributed by atoms with van der Waals surface area (Å²) in [5.74, 6) is 0.208. The van der Waals surface area contributed by atoms with Crippen molar-refractivity contribution in [3.63, 3.8) is 0 Å². The van der Waals surface area contributed by atoms with Crippen molar-refractivity contribution in [3.05, 3.63) is 28.7 Å². The Morgan fingerprint density at radius 3 is 2.92 bits per heavy atom. The molecule has 1 aliphatic heterocycles. The zero-order valence-corrected chi connectivity index (χ0v) is 15.7. The van der Waals surface area contributed by atoms with Gasteiger partial charge < -0.3 is 9.64 Å². The van der Waals surface area contributed by atoms with Crippen LogP contribution >= 0.6 is 0 Å². The molecule has 0 bridgehead atoms. The average Bonchev–Trinajstić information content (AvgIpc) is 2.95. The Balaban J connectivity index is 1.68. The summed E-state index contributed by atoms with van der Waals surface area (Å²) in [4.78, 5) is 19.2. The van der Waals surface area contributed by atoms with E-state index in [1.165, 1.54) is 0 Å². The Kier molecular flexibility index (Phi) is 5.37. The highest BCUT2D eigenvalue weighted by molar-refractivity contribution is 5.76. The van der Waals surface area contributed by atoms with Gasteiger partial charge in [0, 0.05) is 43.6 Å². The second-order valence-corrected chi connectivity index (χ2v) is 6.88. The molecule has 3 rings (SSSR count). The summed E-state index contributed by atoms with van der Waals surface area (Å²) in [6, 6.07) is 1.98. The van der Waals surface area contributed by atoms with Crippen LogP contribution in [0.1, 0.15) is 48.8 Å². The molecular formula is C19H28N4O2. The summed E-state index contributed by atoms with van der Waals surface area (Å²) < 4.78 is 7.58. The Bertz CT molecular complexity index is 766. The molecule has 0 spiro atoms. The third kappa shape index (κ3) is 3.84. The molecule has 0 saturated carbocycles. The number of ether oxygens (including phenoxy) is 1. The predicted octanol–water partition coefficient (Wildman–Crippen LogP) is 2.61. The van der Waals surface area contributed by atoms with Gasteiger partial charge in [-0.3, -0.25) is 4.79 Å². The topological polar surface area (TPSA) is 59.7 Å². The molecule has 0 radical (unpaired) electrons. The van der Waals surface area contributed by atoms with Crippen LogP contribution in [0.15, 0.2) is 6.07 Å². The molecule has 136 valence electrons. The van der Waals surface area contributed by atoms with Gasteiger partial charge >= 0.3 is 0 Å². The third-order valence-corrected chi connectivity index (χ3v) is 5.01. The van der Waals surface area contributed by atoms with Crippen LogP contribution in [-0.4, -0.2) is 51.2 Å². The number of fused-ring (bicyclic) bond motifs is 1. The molecule has 1 fully saturated rings. The summed E-state index contributed by atoms with van der Waals surface area (Å²) >= 11 is 0. The van der Waals surface area contributed by atoms with E-state index in [0.29, 0.717) is 19.4 Å². The van der Waals surface area contributed by atoms with Gasteiger partial charge in [0.15, 0.2) is 5.65 Å². The van der Waals surface area contributed by atoms with Crippen molar-refractivity contribution in [2.75, 3.05) is 19.7 Å². The number of rotatable bonds is 5. The zero-order chi connectivity index (χ0) is 18.0. The Morgan fingerprint density at radius 2 is 2.16 bits per heavy atom. The van der Waals surface area contributed by atoms with Crippen molar-refractivity contribution in [1.29, 1.82) is 0 Å². The molecule has 1 amide bonds. The Labute approximate surface area is 149 Å². The van der Waals surface area contributed by atoms with E-state index in [1.807, 2.05) is 36.3 Å². The van der Waals surface area contributed by atoms with Gasteiger partial charge in [0.05, 0.1) is 11.8 Å². The van der Waals surface area contributed by atoms with E-state index in [2.05, 4.69) is 17.0 Å². The van der Waals surface area contributed by atoms with Crippen LogP contribution in [0.25, 0.3) is 5.65 Å². The molecule has 1 aliphatic rings. The lowest BCUT2D eigenvalue weighted by Crippen LogP contribution is -2.43. The molecule has 0 aliphatic carbocycles. The normalized spacial score (nSPS) is 18.1. The molecule has 2 aromatic heterocycles. The van der Waals surface area contributed by atoms with Gasteiger partial charge in [-0.1, -0.05) is 0 Å². The number of amides is 1. The largest absolute Gasteiger partial charge is 0.377 e. The summed E-state index contributed by atoms with van der Waals surface area (Å²) in [6.45, 7) is 10.3. The first-order valence-corrected chi connectivity index (χ1v) is 9.21. The number of carbonyl (C=O) groups excluding carboxylic acids is 1. The fraction of sp³-hybridized carbons (Fsp3) is 0.632. The van der Waals surface area contributed by atoms with Gasteiger partial charge in [-0.15, -0.1) is 0 Å². The lowest BCUT2D eigenvalue weighted by Gasteiger charge is -2.32. The van der Waals surface area contributed by atoms with Crippen molar-refractivity contribution in [1.82, 2.24) is 19.5 Å². The molecule has 6 heteroatoms. The van der Waals surface area contributed by atoms with Crippen LogP contribution in [0.4, 0.5) is 0 Å². The van der Waals surface area contributed by atoms with Crippen molar-refractivity contribution >= 4 is 11.6 Å². The van der Waals surface area contributed by atoms with Gasteiger partial charge in [0.1, 0.15) is 0 Å². The summed E-state index contributed by atoms with van der Waals surface area (Å²) in [6.07, 6.45) is 3.47. The first kappa shape index (κ1) is 17.9. The minimum Gasteiger partial charge on any atom is -0.377 e. The maximum atomic E-state index is 12.6. The number of likely N-dealkylation sites (tertiary alicyclic amines) is 1. The van der Waals surface area contributed by atoms with Crippen molar-refractivity contribution in [2.24, 2.45) is 0 Å². The molecule has 1 unspecified atom stereocenters. The van der Waals surface area contributed by atoms with Crippen LogP contribution in [0, 0.1) is 20.8 Å². The Morgan fingerprint density at radius 1 is 1.36 bits per heavy atom. The zero-order valence-electron chi connectivity index (χ0n) is 15.7. The van der Waals surface area contributed by atoms with Crippen LogP contribution < -0.4 is 0 Å².